The SMILES string of the molecule is COc1cc2nc(-c3ccc(C)o3)cc(NC3CCC(C(N)=O)CC3)c2cc1OC. The van der Waals surface area contributed by atoms with Crippen molar-refractivity contribution in [2.24, 2.45) is 11.7 Å². The Balaban J connectivity index is 1.74. The van der Waals surface area contributed by atoms with Gasteiger partial charge in [-0.1, -0.05) is 0 Å². The lowest BCUT2D eigenvalue weighted by molar-refractivity contribution is -0.122. The highest BCUT2D eigenvalue weighted by molar-refractivity contribution is 5.95. The molecule has 1 amide bonds. The van der Waals surface area contributed by atoms with E-state index in [4.69, 9.17) is 24.6 Å². The van der Waals surface area contributed by atoms with Crippen molar-refractivity contribution in [3.8, 4) is 23.0 Å². The van der Waals surface area contributed by atoms with E-state index in [1.165, 1.54) is 0 Å². The number of ether oxygens (including phenoxy) is 2. The molecule has 3 N–H and O–H groups in total. The Morgan fingerprint density at radius 2 is 1.80 bits per heavy atom. The molecule has 0 aliphatic heterocycles. The minimum Gasteiger partial charge on any atom is -0.493 e. The third-order valence-electron chi connectivity index (χ3n) is 5.80. The molecule has 7 nitrogen and oxygen atoms in total. The Morgan fingerprint density at radius 1 is 1.10 bits per heavy atom. The standard InChI is InChI=1S/C23H27N3O4/c1-13-4-9-20(30-13)19-11-17(25-15-7-5-14(6-8-15)23(24)27)16-10-21(28-2)22(29-3)12-18(16)26-19/h4,9-12,14-15H,5-8H2,1-3H3,(H2,24,27)(H,25,26). The first-order valence-corrected chi connectivity index (χ1v) is 10.2. The van der Waals surface area contributed by atoms with Gasteiger partial charge in [0.15, 0.2) is 17.3 Å². The van der Waals surface area contributed by atoms with Gasteiger partial charge in [-0.05, 0) is 56.9 Å². The number of benzene rings is 1. The molecule has 1 fully saturated rings. The van der Waals surface area contributed by atoms with Gasteiger partial charge in [-0.3, -0.25) is 4.79 Å². The van der Waals surface area contributed by atoms with Gasteiger partial charge in [0.25, 0.3) is 0 Å². The van der Waals surface area contributed by atoms with Crippen LogP contribution in [0.2, 0.25) is 0 Å². The van der Waals surface area contributed by atoms with E-state index >= 15 is 0 Å². The van der Waals surface area contributed by atoms with Gasteiger partial charge >= 0.3 is 0 Å². The van der Waals surface area contributed by atoms with Crippen molar-refractivity contribution < 1.29 is 18.7 Å². The smallest absolute Gasteiger partial charge is 0.220 e. The number of rotatable bonds is 6. The van der Waals surface area contributed by atoms with Crippen LogP contribution in [-0.4, -0.2) is 31.2 Å². The fraction of sp³-hybridized carbons (Fsp3) is 0.391. The van der Waals surface area contributed by atoms with E-state index in [1.807, 2.05) is 37.3 Å². The molecule has 158 valence electrons. The summed E-state index contributed by atoms with van der Waals surface area (Å²) in [6.07, 6.45) is 3.38. The van der Waals surface area contributed by atoms with Crippen LogP contribution in [0.15, 0.2) is 34.7 Å². The molecule has 7 heteroatoms. The number of fused-ring (bicyclic) bond motifs is 1. The van der Waals surface area contributed by atoms with E-state index in [9.17, 15) is 4.79 Å². The minimum atomic E-state index is -0.199. The quantitative estimate of drug-likeness (QED) is 0.630. The summed E-state index contributed by atoms with van der Waals surface area (Å²) in [5.41, 5.74) is 7.96. The van der Waals surface area contributed by atoms with Crippen LogP contribution in [0.3, 0.4) is 0 Å². The first-order chi connectivity index (χ1) is 14.5. The highest BCUT2D eigenvalue weighted by Crippen LogP contribution is 2.38. The second-order valence-corrected chi connectivity index (χ2v) is 7.78. The molecule has 0 spiro atoms. The number of carbonyl (C=O) groups is 1. The normalized spacial score (nSPS) is 18.9. The fourth-order valence-corrected chi connectivity index (χ4v) is 4.11. The highest BCUT2D eigenvalue weighted by atomic mass is 16.5. The van der Waals surface area contributed by atoms with Crippen LogP contribution in [0.5, 0.6) is 11.5 Å². The number of pyridine rings is 1. The number of furan rings is 1. The van der Waals surface area contributed by atoms with Gasteiger partial charge < -0.3 is 24.9 Å². The molecular formula is C23H27N3O4. The second kappa shape index (κ2) is 8.26. The maximum atomic E-state index is 11.5. The number of amides is 1. The van der Waals surface area contributed by atoms with Gasteiger partial charge in [0.1, 0.15) is 11.5 Å². The monoisotopic (exact) mass is 409 g/mol. The Morgan fingerprint density at radius 3 is 2.40 bits per heavy atom. The van der Waals surface area contributed by atoms with Crippen molar-refractivity contribution in [1.29, 1.82) is 0 Å². The lowest BCUT2D eigenvalue weighted by atomic mass is 9.85. The molecule has 0 bridgehead atoms. The molecular weight excluding hydrogens is 382 g/mol. The van der Waals surface area contributed by atoms with Crippen molar-refractivity contribution in [3.63, 3.8) is 0 Å². The summed E-state index contributed by atoms with van der Waals surface area (Å²) in [6, 6.07) is 9.93. The molecule has 1 aromatic carbocycles. The van der Waals surface area contributed by atoms with E-state index in [1.54, 1.807) is 14.2 Å². The van der Waals surface area contributed by atoms with Crippen molar-refractivity contribution in [1.82, 2.24) is 4.98 Å². The highest BCUT2D eigenvalue weighted by Gasteiger charge is 2.25. The topological polar surface area (TPSA) is 99.6 Å². The lowest BCUT2D eigenvalue weighted by Gasteiger charge is -2.28. The second-order valence-electron chi connectivity index (χ2n) is 7.78. The van der Waals surface area contributed by atoms with Crippen LogP contribution in [-0.2, 0) is 4.79 Å². The van der Waals surface area contributed by atoms with E-state index in [0.717, 1.165) is 53.7 Å². The summed E-state index contributed by atoms with van der Waals surface area (Å²) in [5.74, 6) is 2.59. The van der Waals surface area contributed by atoms with Gasteiger partial charge in [0.2, 0.25) is 5.91 Å². The van der Waals surface area contributed by atoms with Gasteiger partial charge in [-0.25, -0.2) is 4.98 Å². The minimum absolute atomic E-state index is 0.0248. The maximum Gasteiger partial charge on any atom is 0.220 e. The van der Waals surface area contributed by atoms with Gasteiger partial charge in [0.05, 0.1) is 19.7 Å². The van der Waals surface area contributed by atoms with E-state index in [0.29, 0.717) is 17.3 Å². The van der Waals surface area contributed by atoms with Crippen LogP contribution in [0.4, 0.5) is 5.69 Å². The van der Waals surface area contributed by atoms with Crippen LogP contribution >= 0.6 is 0 Å². The Labute approximate surface area is 175 Å². The van der Waals surface area contributed by atoms with Gasteiger partial charge in [-0.2, -0.15) is 0 Å². The summed E-state index contributed by atoms with van der Waals surface area (Å²) in [5, 5.41) is 4.60. The number of primary amides is 1. The number of aryl methyl sites for hydroxylation is 1. The number of hydrogen-bond acceptors (Lipinski definition) is 6. The molecule has 0 unspecified atom stereocenters. The summed E-state index contributed by atoms with van der Waals surface area (Å²) >= 11 is 0. The van der Waals surface area contributed by atoms with Crippen molar-refractivity contribution in [2.45, 2.75) is 38.6 Å². The zero-order chi connectivity index (χ0) is 21.3. The molecule has 0 saturated heterocycles. The molecule has 0 radical (unpaired) electrons. The van der Waals surface area contributed by atoms with E-state index in [-0.39, 0.29) is 17.9 Å². The van der Waals surface area contributed by atoms with Gasteiger partial charge in [0, 0.05) is 29.1 Å². The molecule has 2 aromatic heterocycles. The first kappa shape index (κ1) is 20.1. The summed E-state index contributed by atoms with van der Waals surface area (Å²) in [6.45, 7) is 1.91. The third kappa shape index (κ3) is 3.92. The predicted molar refractivity (Wildman–Crippen MR) is 116 cm³/mol. The fourth-order valence-electron chi connectivity index (χ4n) is 4.11. The Hall–Kier alpha value is -3.22. The number of hydrogen-bond donors (Lipinski definition) is 2. The Bertz CT molecular complexity index is 1070. The largest absolute Gasteiger partial charge is 0.493 e. The first-order valence-electron chi connectivity index (χ1n) is 10.2. The average Bonchev–Trinajstić information content (AvgIpc) is 3.19. The number of nitrogens with one attached hydrogen (secondary N) is 1. The van der Waals surface area contributed by atoms with E-state index < -0.39 is 0 Å². The average molecular weight is 409 g/mol. The Kier molecular flexibility index (Phi) is 5.53. The zero-order valence-corrected chi connectivity index (χ0v) is 17.5. The molecule has 1 aliphatic carbocycles. The van der Waals surface area contributed by atoms with Crippen LogP contribution in [0, 0.1) is 12.8 Å². The van der Waals surface area contributed by atoms with Gasteiger partial charge in [-0.15, -0.1) is 0 Å². The predicted octanol–water partition coefficient (Wildman–Crippen LogP) is 4.28. The number of anilines is 1. The van der Waals surface area contributed by atoms with Crippen LogP contribution in [0.1, 0.15) is 31.4 Å². The summed E-state index contributed by atoms with van der Waals surface area (Å²) in [4.78, 5) is 16.3. The molecule has 30 heavy (non-hydrogen) atoms. The zero-order valence-electron chi connectivity index (χ0n) is 17.5. The molecule has 4 rings (SSSR count). The molecule has 3 aromatic rings. The molecule has 0 atom stereocenters. The summed E-state index contributed by atoms with van der Waals surface area (Å²) in [7, 11) is 3.23. The van der Waals surface area contributed by atoms with Crippen LogP contribution in [0.25, 0.3) is 22.4 Å². The summed E-state index contributed by atoms with van der Waals surface area (Å²) < 4.78 is 16.8. The number of nitrogens with two attached hydrogens (primary N) is 1. The number of aromatic nitrogens is 1. The van der Waals surface area contributed by atoms with E-state index in [2.05, 4.69) is 5.32 Å². The number of nitrogens with zero attached hydrogens (tertiary/aromatic N) is 1. The molecule has 2 heterocycles. The molecule has 1 aliphatic rings. The maximum absolute atomic E-state index is 11.5. The lowest BCUT2D eigenvalue weighted by Crippen LogP contribution is -2.32. The van der Waals surface area contributed by atoms with Crippen LogP contribution < -0.4 is 20.5 Å². The number of carbonyl (C=O) groups excluding carboxylic acids is 1. The number of methoxy groups -OCH3 is 2. The van der Waals surface area contributed by atoms with Crippen molar-refractivity contribution >= 4 is 22.5 Å². The third-order valence-corrected chi connectivity index (χ3v) is 5.80. The molecule has 1 saturated carbocycles. The van der Waals surface area contributed by atoms with Crippen molar-refractivity contribution in [3.05, 3.63) is 36.1 Å². The van der Waals surface area contributed by atoms with Crippen molar-refractivity contribution in [2.75, 3.05) is 19.5 Å².